The molecule has 20 heavy (non-hydrogen) atoms. The summed E-state index contributed by atoms with van der Waals surface area (Å²) in [5.74, 6) is 0.676. The smallest absolute Gasteiger partial charge is 0.233 e. The summed E-state index contributed by atoms with van der Waals surface area (Å²) in [4.78, 5) is 0. The lowest BCUT2D eigenvalue weighted by Crippen LogP contribution is -2.00. The minimum Gasteiger partial charge on any atom is -0.324 e. The number of halogens is 2. The molecule has 0 fully saturated rings. The molecular weight excluding hydrogens is 384 g/mol. The first kappa shape index (κ1) is 13.3. The van der Waals surface area contributed by atoms with Crippen molar-refractivity contribution in [1.29, 1.82) is 0 Å². The van der Waals surface area contributed by atoms with E-state index in [1.165, 1.54) is 0 Å². The van der Waals surface area contributed by atoms with E-state index < -0.39 is 0 Å². The molecule has 1 heterocycles. The summed E-state index contributed by atoms with van der Waals surface area (Å²) >= 11 is 6.84. The molecule has 0 spiro atoms. The fourth-order valence-electron chi connectivity index (χ4n) is 1.77. The third kappa shape index (κ3) is 2.91. The van der Waals surface area contributed by atoms with E-state index in [4.69, 9.17) is 0 Å². The lowest BCUT2D eigenvalue weighted by atomic mass is 10.3. The number of anilines is 2. The molecule has 0 aliphatic heterocycles. The Labute approximate surface area is 133 Å². The Morgan fingerprint density at radius 1 is 0.850 bits per heavy atom. The maximum atomic E-state index is 4.11. The maximum Gasteiger partial charge on any atom is 0.233 e. The second-order valence-electron chi connectivity index (χ2n) is 4.13. The molecule has 4 nitrogen and oxygen atoms in total. The normalized spacial score (nSPS) is 10.5. The molecule has 3 rings (SSSR count). The molecule has 1 N–H and O–H groups in total. The van der Waals surface area contributed by atoms with Crippen molar-refractivity contribution in [3.05, 3.63) is 63.8 Å². The number of rotatable bonds is 3. The zero-order valence-electron chi connectivity index (χ0n) is 10.3. The molecule has 0 saturated heterocycles. The summed E-state index contributed by atoms with van der Waals surface area (Å²) in [7, 11) is 0. The number of nitrogens with zero attached hydrogens (tertiary/aromatic N) is 3. The van der Waals surface area contributed by atoms with Gasteiger partial charge < -0.3 is 5.32 Å². The molecule has 0 amide bonds. The van der Waals surface area contributed by atoms with Gasteiger partial charge in [-0.2, -0.15) is 0 Å². The van der Waals surface area contributed by atoms with Crippen LogP contribution in [-0.2, 0) is 0 Å². The largest absolute Gasteiger partial charge is 0.324 e. The van der Waals surface area contributed by atoms with Crippen molar-refractivity contribution < 1.29 is 0 Å². The quantitative estimate of drug-likeness (QED) is 0.710. The van der Waals surface area contributed by atoms with Crippen LogP contribution in [0.15, 0.2) is 63.8 Å². The zero-order chi connectivity index (χ0) is 13.9. The zero-order valence-corrected chi connectivity index (χ0v) is 13.5. The summed E-state index contributed by atoms with van der Waals surface area (Å²) < 4.78 is 3.98. The van der Waals surface area contributed by atoms with E-state index in [9.17, 15) is 0 Å². The number of aromatic nitrogens is 3. The summed E-state index contributed by atoms with van der Waals surface area (Å²) in [6.07, 6.45) is 1.68. The van der Waals surface area contributed by atoms with E-state index in [2.05, 4.69) is 47.4 Å². The molecule has 3 aromatic rings. The van der Waals surface area contributed by atoms with Crippen LogP contribution in [0.5, 0.6) is 0 Å². The van der Waals surface area contributed by atoms with Crippen molar-refractivity contribution in [1.82, 2.24) is 14.8 Å². The molecule has 0 saturated carbocycles. The van der Waals surface area contributed by atoms with Gasteiger partial charge in [0.05, 0.1) is 5.69 Å². The van der Waals surface area contributed by atoms with Gasteiger partial charge in [-0.1, -0.05) is 31.9 Å². The van der Waals surface area contributed by atoms with Crippen molar-refractivity contribution >= 4 is 43.5 Å². The molecule has 0 aliphatic carbocycles. The molecule has 0 aliphatic rings. The van der Waals surface area contributed by atoms with Gasteiger partial charge in [0.25, 0.3) is 0 Å². The highest BCUT2D eigenvalue weighted by molar-refractivity contribution is 9.10. The first-order valence-electron chi connectivity index (χ1n) is 5.91. The number of hydrogen-bond acceptors (Lipinski definition) is 3. The highest BCUT2D eigenvalue weighted by atomic mass is 79.9. The second-order valence-corrected chi connectivity index (χ2v) is 5.96. The van der Waals surface area contributed by atoms with Crippen LogP contribution in [0.2, 0.25) is 0 Å². The van der Waals surface area contributed by atoms with Gasteiger partial charge in [0.1, 0.15) is 6.33 Å². The Balaban J connectivity index is 1.90. The monoisotopic (exact) mass is 392 g/mol. The van der Waals surface area contributed by atoms with Crippen molar-refractivity contribution in [3.8, 4) is 5.69 Å². The number of nitrogens with one attached hydrogen (secondary N) is 1. The van der Waals surface area contributed by atoms with Gasteiger partial charge in [-0.05, 0) is 48.5 Å². The lowest BCUT2D eigenvalue weighted by molar-refractivity contribution is 1.06. The summed E-state index contributed by atoms with van der Waals surface area (Å²) in [6, 6.07) is 15.9. The van der Waals surface area contributed by atoms with Crippen LogP contribution in [0.25, 0.3) is 5.69 Å². The van der Waals surface area contributed by atoms with E-state index in [0.29, 0.717) is 5.95 Å². The predicted molar refractivity (Wildman–Crippen MR) is 86.5 cm³/mol. The van der Waals surface area contributed by atoms with Crippen LogP contribution in [0.4, 0.5) is 11.6 Å². The molecule has 0 radical (unpaired) electrons. The highest BCUT2D eigenvalue weighted by Crippen LogP contribution is 2.21. The van der Waals surface area contributed by atoms with E-state index in [0.717, 1.165) is 20.3 Å². The van der Waals surface area contributed by atoms with E-state index in [1.807, 2.05) is 53.1 Å². The Bertz CT molecular complexity index is 705. The molecule has 0 atom stereocenters. The van der Waals surface area contributed by atoms with Crippen molar-refractivity contribution in [3.63, 3.8) is 0 Å². The molecule has 0 unspecified atom stereocenters. The van der Waals surface area contributed by atoms with Gasteiger partial charge in [0.2, 0.25) is 5.95 Å². The molecule has 0 bridgehead atoms. The van der Waals surface area contributed by atoms with Gasteiger partial charge in [-0.15, -0.1) is 10.2 Å². The summed E-state index contributed by atoms with van der Waals surface area (Å²) in [6.45, 7) is 0. The third-order valence-corrected chi connectivity index (χ3v) is 3.81. The number of hydrogen-bond donors (Lipinski definition) is 1. The first-order chi connectivity index (χ1) is 9.72. The van der Waals surface area contributed by atoms with E-state index in [-0.39, 0.29) is 0 Å². The van der Waals surface area contributed by atoms with Crippen molar-refractivity contribution in [2.24, 2.45) is 0 Å². The Kier molecular flexibility index (Phi) is 3.84. The van der Waals surface area contributed by atoms with Crippen LogP contribution < -0.4 is 5.32 Å². The SMILES string of the molecule is Brc1ccc(Nc2nncn2-c2ccc(Br)cc2)cc1. The Morgan fingerprint density at radius 2 is 1.45 bits per heavy atom. The van der Waals surface area contributed by atoms with E-state index >= 15 is 0 Å². The van der Waals surface area contributed by atoms with Crippen LogP contribution in [0.3, 0.4) is 0 Å². The van der Waals surface area contributed by atoms with Gasteiger partial charge in [0.15, 0.2) is 0 Å². The molecule has 100 valence electrons. The fraction of sp³-hybridized carbons (Fsp3) is 0. The Morgan fingerprint density at radius 3 is 2.10 bits per heavy atom. The maximum absolute atomic E-state index is 4.11. The second kappa shape index (κ2) is 5.76. The summed E-state index contributed by atoms with van der Waals surface area (Å²) in [5, 5.41) is 11.3. The lowest BCUT2D eigenvalue weighted by Gasteiger charge is -2.08. The number of benzene rings is 2. The van der Waals surface area contributed by atoms with Gasteiger partial charge in [-0.3, -0.25) is 4.57 Å². The standard InChI is InChI=1S/C14H10Br2N4/c15-10-1-5-12(6-2-10)18-14-19-17-9-20(14)13-7-3-11(16)4-8-13/h1-9H,(H,18,19). The van der Waals surface area contributed by atoms with Crippen LogP contribution in [-0.4, -0.2) is 14.8 Å². The third-order valence-electron chi connectivity index (χ3n) is 2.75. The minimum atomic E-state index is 0.676. The average Bonchev–Trinajstić information content (AvgIpc) is 2.90. The van der Waals surface area contributed by atoms with Crippen molar-refractivity contribution in [2.45, 2.75) is 0 Å². The van der Waals surface area contributed by atoms with Crippen molar-refractivity contribution in [2.75, 3.05) is 5.32 Å². The molecular formula is C14H10Br2N4. The van der Waals surface area contributed by atoms with Crippen LogP contribution >= 0.6 is 31.9 Å². The topological polar surface area (TPSA) is 42.7 Å². The first-order valence-corrected chi connectivity index (χ1v) is 7.49. The van der Waals surface area contributed by atoms with Crippen LogP contribution in [0.1, 0.15) is 0 Å². The minimum absolute atomic E-state index is 0.676. The molecule has 2 aromatic carbocycles. The Hall–Kier alpha value is -1.66. The van der Waals surface area contributed by atoms with Gasteiger partial charge >= 0.3 is 0 Å². The summed E-state index contributed by atoms with van der Waals surface area (Å²) in [5.41, 5.74) is 1.96. The predicted octanol–water partition coefficient (Wildman–Crippen LogP) is 4.54. The fourth-order valence-corrected chi connectivity index (χ4v) is 2.30. The average molecular weight is 394 g/mol. The van der Waals surface area contributed by atoms with Gasteiger partial charge in [-0.25, -0.2) is 0 Å². The highest BCUT2D eigenvalue weighted by Gasteiger charge is 2.06. The molecule has 6 heteroatoms. The van der Waals surface area contributed by atoms with E-state index in [1.54, 1.807) is 6.33 Å². The van der Waals surface area contributed by atoms with Crippen LogP contribution in [0, 0.1) is 0 Å². The van der Waals surface area contributed by atoms with Gasteiger partial charge in [0, 0.05) is 14.6 Å². The molecule has 1 aromatic heterocycles.